The zero-order valence-electron chi connectivity index (χ0n) is 10.4. The van der Waals surface area contributed by atoms with E-state index in [4.69, 9.17) is 4.74 Å². The van der Waals surface area contributed by atoms with Crippen LogP contribution in [-0.2, 0) is 0 Å². The molecule has 0 unspecified atom stereocenters. The second-order valence-electron chi connectivity index (χ2n) is 3.82. The van der Waals surface area contributed by atoms with E-state index in [1.807, 2.05) is 0 Å². The molecule has 0 atom stereocenters. The van der Waals surface area contributed by atoms with Gasteiger partial charge in [0.2, 0.25) is 0 Å². The predicted molar refractivity (Wildman–Crippen MR) is 60.0 cm³/mol. The summed E-state index contributed by atoms with van der Waals surface area (Å²) >= 11 is 0. The smallest absolute Gasteiger partial charge is 0.490 e. The van der Waals surface area contributed by atoms with Crippen LogP contribution in [0.4, 0.5) is 17.3 Å². The van der Waals surface area contributed by atoms with Gasteiger partial charge >= 0.3 is 58.4 Å². The molecule has 0 aromatic heterocycles. The van der Waals surface area contributed by atoms with Crippen molar-refractivity contribution in [3.05, 3.63) is 36.2 Å². The molecule has 0 saturated carbocycles. The summed E-state index contributed by atoms with van der Waals surface area (Å²) in [5.74, 6) is -1.17. The minimum absolute atomic E-state index is 0. The molecule has 94 valence electrons. The molecule has 0 bridgehead atoms. The summed E-state index contributed by atoms with van der Waals surface area (Å²) in [5.41, 5.74) is -0.0432. The zero-order valence-corrected chi connectivity index (χ0v) is 13.5. The van der Waals surface area contributed by atoms with Gasteiger partial charge in [-0.1, -0.05) is 11.6 Å². The van der Waals surface area contributed by atoms with Crippen LogP contribution in [0.5, 0.6) is 5.75 Å². The van der Waals surface area contributed by atoms with Gasteiger partial charge in [-0.15, -0.1) is 12.0 Å². The number of halogens is 4. The summed E-state index contributed by atoms with van der Waals surface area (Å²) in [6, 6.07) is 2.16. The van der Waals surface area contributed by atoms with E-state index in [2.05, 4.69) is 6.58 Å². The van der Waals surface area contributed by atoms with Crippen molar-refractivity contribution in [2.75, 3.05) is 6.61 Å². The average Bonchev–Trinajstić information content (AvgIpc) is 2.18. The quantitative estimate of drug-likeness (QED) is 0.428. The summed E-state index contributed by atoms with van der Waals surface area (Å²) in [5, 5.41) is 0. The molecule has 1 aromatic carbocycles. The molecule has 0 N–H and O–H groups in total. The Morgan fingerprint density at radius 1 is 1.33 bits per heavy atom. The van der Waals surface area contributed by atoms with E-state index in [1.165, 1.54) is 0 Å². The first-order valence-corrected chi connectivity index (χ1v) is 5.07. The van der Waals surface area contributed by atoms with Crippen LogP contribution < -0.4 is 61.6 Å². The maximum Gasteiger partial charge on any atom is 1.00 e. The molecule has 0 amide bonds. The topological polar surface area (TPSA) is 9.23 Å². The van der Waals surface area contributed by atoms with Gasteiger partial charge in [-0.3, -0.25) is 0 Å². The SMILES string of the molecule is C=C(C)CCOc1cc([B-](F)(F)F)ccc1F.[K+]. The number of benzene rings is 1. The largest absolute Gasteiger partial charge is 1.00 e. The van der Waals surface area contributed by atoms with Crippen molar-refractivity contribution < 1.29 is 73.5 Å². The second kappa shape index (κ2) is 7.69. The molecular weight excluding hydrogens is 274 g/mol. The third kappa shape index (κ3) is 5.88. The standard InChI is InChI=1S/C11H12BF4O.K/c1-8(2)5-6-17-11-7-9(12(14,15)16)3-4-10(11)13;/h3-4,7H,1,5-6H2,2H3;/q-1;+1. The van der Waals surface area contributed by atoms with Crippen LogP contribution in [0.25, 0.3) is 0 Å². The Labute approximate surface area is 146 Å². The van der Waals surface area contributed by atoms with Gasteiger partial charge in [0, 0.05) is 6.42 Å². The molecule has 0 saturated heterocycles. The Morgan fingerprint density at radius 3 is 2.44 bits per heavy atom. The summed E-state index contributed by atoms with van der Waals surface area (Å²) in [4.78, 5) is 0. The van der Waals surface area contributed by atoms with Gasteiger partial charge in [0.1, 0.15) is 0 Å². The molecule has 0 aliphatic rings. The molecule has 0 aliphatic heterocycles. The fourth-order valence-corrected chi connectivity index (χ4v) is 1.17. The van der Waals surface area contributed by atoms with Crippen molar-refractivity contribution in [2.24, 2.45) is 0 Å². The summed E-state index contributed by atoms with van der Waals surface area (Å²) in [6.07, 6.45) is 0.473. The van der Waals surface area contributed by atoms with Gasteiger partial charge in [-0.05, 0) is 19.1 Å². The minimum Gasteiger partial charge on any atom is -0.490 e. The van der Waals surface area contributed by atoms with Crippen LogP contribution in [0.15, 0.2) is 30.4 Å². The summed E-state index contributed by atoms with van der Waals surface area (Å²) in [6.45, 7) is 0.350. The predicted octanol–water partition coefficient (Wildman–Crippen LogP) is 0.229. The molecule has 18 heavy (non-hydrogen) atoms. The minimum atomic E-state index is -5.14. The van der Waals surface area contributed by atoms with Crippen LogP contribution in [0, 0.1) is 5.82 Å². The molecule has 0 radical (unpaired) electrons. The van der Waals surface area contributed by atoms with Gasteiger partial charge in [0.25, 0.3) is 0 Å². The molecular formula is C11H12BF4KO. The Morgan fingerprint density at radius 2 is 1.94 bits per heavy atom. The van der Waals surface area contributed by atoms with E-state index in [0.717, 1.165) is 11.6 Å². The second-order valence-corrected chi connectivity index (χ2v) is 3.82. The van der Waals surface area contributed by atoms with Gasteiger partial charge < -0.3 is 17.7 Å². The Balaban J connectivity index is 0.00000289. The van der Waals surface area contributed by atoms with Crippen molar-refractivity contribution in [2.45, 2.75) is 13.3 Å². The van der Waals surface area contributed by atoms with Crippen LogP contribution >= 0.6 is 0 Å². The molecule has 1 nitrogen and oxygen atoms in total. The van der Waals surface area contributed by atoms with E-state index < -0.39 is 18.3 Å². The molecule has 1 rings (SSSR count). The Kier molecular flexibility index (Phi) is 7.77. The summed E-state index contributed by atoms with van der Waals surface area (Å²) < 4.78 is 55.4. The van der Waals surface area contributed by atoms with E-state index in [9.17, 15) is 17.3 Å². The third-order valence-corrected chi connectivity index (χ3v) is 2.12. The number of ether oxygens (including phenoxy) is 1. The normalized spacial score (nSPS) is 10.7. The molecule has 1 aromatic rings. The molecule has 7 heteroatoms. The van der Waals surface area contributed by atoms with Crippen LogP contribution in [0.3, 0.4) is 0 Å². The van der Waals surface area contributed by atoms with E-state index in [1.54, 1.807) is 6.92 Å². The van der Waals surface area contributed by atoms with Crippen molar-refractivity contribution >= 4 is 12.4 Å². The zero-order chi connectivity index (χ0) is 13.1. The number of rotatable bonds is 5. The van der Waals surface area contributed by atoms with Crippen LogP contribution in [0.2, 0.25) is 0 Å². The monoisotopic (exact) mass is 286 g/mol. The van der Waals surface area contributed by atoms with Gasteiger partial charge in [-0.25, -0.2) is 4.39 Å². The Bertz CT molecular complexity index is 420. The van der Waals surface area contributed by atoms with Gasteiger partial charge in [0.15, 0.2) is 11.6 Å². The molecule has 0 heterocycles. The third-order valence-electron chi connectivity index (χ3n) is 2.12. The Hall–Kier alpha value is 0.181. The van der Waals surface area contributed by atoms with E-state index in [0.29, 0.717) is 18.6 Å². The number of hydrogen-bond acceptors (Lipinski definition) is 1. The fraction of sp³-hybridized carbons (Fsp3) is 0.273. The maximum atomic E-state index is 13.2. The average molecular weight is 286 g/mol. The first-order valence-electron chi connectivity index (χ1n) is 5.07. The van der Waals surface area contributed by atoms with Crippen molar-refractivity contribution in [1.29, 1.82) is 0 Å². The van der Waals surface area contributed by atoms with Crippen LogP contribution in [-0.4, -0.2) is 13.6 Å². The van der Waals surface area contributed by atoms with Crippen molar-refractivity contribution in [3.63, 3.8) is 0 Å². The van der Waals surface area contributed by atoms with Gasteiger partial charge in [0.05, 0.1) is 6.61 Å². The fourth-order valence-electron chi connectivity index (χ4n) is 1.17. The first-order chi connectivity index (χ1) is 7.80. The maximum absolute atomic E-state index is 13.2. The van der Waals surface area contributed by atoms with E-state index in [-0.39, 0.29) is 63.7 Å². The van der Waals surface area contributed by atoms with Gasteiger partial charge in [-0.2, -0.15) is 0 Å². The molecule has 0 spiro atoms. The molecule has 0 fully saturated rings. The van der Waals surface area contributed by atoms with Crippen molar-refractivity contribution in [1.82, 2.24) is 0 Å². The van der Waals surface area contributed by atoms with Crippen LogP contribution in [0.1, 0.15) is 13.3 Å². The first kappa shape index (κ1) is 18.2. The van der Waals surface area contributed by atoms with E-state index >= 15 is 0 Å². The van der Waals surface area contributed by atoms with Crippen molar-refractivity contribution in [3.8, 4) is 5.75 Å². The number of hydrogen-bond donors (Lipinski definition) is 0. The molecule has 0 aliphatic carbocycles. The summed E-state index contributed by atoms with van der Waals surface area (Å²) in [7, 11) is 0.